The number of hydrogen-bond donors (Lipinski definition) is 1. The van der Waals surface area contributed by atoms with Gasteiger partial charge in [0.2, 0.25) is 0 Å². The number of H-pyrrole nitrogens is 1. The Labute approximate surface area is 112 Å². The van der Waals surface area contributed by atoms with Crippen LogP contribution in [0.4, 0.5) is 0 Å². The first-order chi connectivity index (χ1) is 9.24. The maximum Gasteiger partial charge on any atom is 0.255 e. The second-order valence-electron chi connectivity index (χ2n) is 5.18. The third-order valence-corrected chi connectivity index (χ3v) is 3.77. The van der Waals surface area contributed by atoms with Crippen LogP contribution in [-0.2, 0) is 13.0 Å². The van der Waals surface area contributed by atoms with Crippen molar-refractivity contribution < 1.29 is 4.79 Å². The smallest absolute Gasteiger partial charge is 0.255 e. The molecule has 0 aromatic carbocycles. The zero-order valence-electron chi connectivity index (χ0n) is 11.0. The van der Waals surface area contributed by atoms with E-state index in [0.29, 0.717) is 5.92 Å². The second-order valence-corrected chi connectivity index (χ2v) is 5.18. The largest absolute Gasteiger partial charge is 0.367 e. The Kier molecular flexibility index (Phi) is 3.11. The Morgan fingerprint density at radius 2 is 2.53 bits per heavy atom. The molecule has 3 rings (SSSR count). The van der Waals surface area contributed by atoms with Crippen molar-refractivity contribution in [2.45, 2.75) is 19.4 Å². The van der Waals surface area contributed by atoms with Gasteiger partial charge in [-0.05, 0) is 18.4 Å². The molecule has 5 heteroatoms. The number of nitrogens with one attached hydrogen (secondary N) is 1. The lowest BCUT2D eigenvalue weighted by Gasteiger charge is -2.27. The molecule has 1 atom stereocenters. The van der Waals surface area contributed by atoms with Gasteiger partial charge in [0.25, 0.3) is 5.91 Å². The van der Waals surface area contributed by atoms with E-state index in [9.17, 15) is 4.79 Å². The van der Waals surface area contributed by atoms with Gasteiger partial charge in [-0.25, -0.2) is 4.98 Å². The fourth-order valence-electron chi connectivity index (χ4n) is 2.72. The summed E-state index contributed by atoms with van der Waals surface area (Å²) in [5.74, 6) is 1.72. The summed E-state index contributed by atoms with van der Waals surface area (Å²) in [5.41, 5.74) is 0.722. The minimum atomic E-state index is 0.0789. The molecule has 1 aliphatic rings. The molecule has 2 aromatic rings. The van der Waals surface area contributed by atoms with Crippen molar-refractivity contribution in [2.24, 2.45) is 5.92 Å². The fraction of sp³-hybridized carbons (Fsp3) is 0.429. The van der Waals surface area contributed by atoms with E-state index in [2.05, 4.69) is 14.5 Å². The van der Waals surface area contributed by atoms with Crippen LogP contribution in [0.5, 0.6) is 0 Å². The predicted octanol–water partition coefficient (Wildman–Crippen LogP) is 1.55. The van der Waals surface area contributed by atoms with E-state index in [4.69, 9.17) is 0 Å². The van der Waals surface area contributed by atoms with E-state index < -0.39 is 0 Å². The van der Waals surface area contributed by atoms with Gasteiger partial charge in [-0.3, -0.25) is 4.79 Å². The minimum absolute atomic E-state index is 0.0789. The highest BCUT2D eigenvalue weighted by Crippen LogP contribution is 2.20. The average Bonchev–Trinajstić information content (AvgIpc) is 3.08. The molecule has 0 aliphatic carbocycles. The van der Waals surface area contributed by atoms with Crippen molar-refractivity contribution in [3.05, 3.63) is 42.2 Å². The molecule has 0 radical (unpaired) electrons. The van der Waals surface area contributed by atoms with E-state index in [1.807, 2.05) is 30.4 Å². The van der Waals surface area contributed by atoms with Gasteiger partial charge in [-0.1, -0.05) is 0 Å². The fourth-order valence-corrected chi connectivity index (χ4v) is 2.72. The summed E-state index contributed by atoms with van der Waals surface area (Å²) in [6.07, 6.45) is 9.46. The average molecular weight is 258 g/mol. The SMILES string of the molecule is CN(CC1CCn2ccnc2C1)C(=O)c1cc[nH]c1. The van der Waals surface area contributed by atoms with Crippen LogP contribution >= 0.6 is 0 Å². The van der Waals surface area contributed by atoms with Crippen molar-refractivity contribution in [1.29, 1.82) is 0 Å². The molecule has 3 heterocycles. The van der Waals surface area contributed by atoms with E-state index in [-0.39, 0.29) is 5.91 Å². The van der Waals surface area contributed by atoms with Crippen molar-refractivity contribution in [3.8, 4) is 0 Å². The number of nitrogens with zero attached hydrogens (tertiary/aromatic N) is 3. The number of aromatic nitrogens is 3. The van der Waals surface area contributed by atoms with E-state index in [0.717, 1.165) is 37.3 Å². The number of carbonyl (C=O) groups excluding carboxylic acids is 1. The van der Waals surface area contributed by atoms with Gasteiger partial charge in [-0.15, -0.1) is 0 Å². The molecule has 100 valence electrons. The summed E-state index contributed by atoms with van der Waals surface area (Å²) in [7, 11) is 1.87. The highest BCUT2D eigenvalue weighted by atomic mass is 16.2. The highest BCUT2D eigenvalue weighted by Gasteiger charge is 2.22. The molecule has 0 fully saturated rings. The Morgan fingerprint density at radius 3 is 3.32 bits per heavy atom. The predicted molar refractivity (Wildman–Crippen MR) is 71.8 cm³/mol. The number of aryl methyl sites for hydroxylation is 1. The summed E-state index contributed by atoms with van der Waals surface area (Å²) in [6, 6.07) is 1.81. The maximum atomic E-state index is 12.2. The molecule has 1 aliphatic heterocycles. The minimum Gasteiger partial charge on any atom is -0.367 e. The third-order valence-electron chi connectivity index (χ3n) is 3.77. The molecule has 5 nitrogen and oxygen atoms in total. The quantitative estimate of drug-likeness (QED) is 0.908. The van der Waals surface area contributed by atoms with Crippen molar-refractivity contribution in [3.63, 3.8) is 0 Å². The van der Waals surface area contributed by atoms with Crippen LogP contribution in [0.2, 0.25) is 0 Å². The first-order valence-electron chi connectivity index (χ1n) is 6.62. The molecule has 19 heavy (non-hydrogen) atoms. The lowest BCUT2D eigenvalue weighted by Crippen LogP contribution is -2.34. The van der Waals surface area contributed by atoms with Gasteiger partial charge in [0.1, 0.15) is 5.82 Å². The monoisotopic (exact) mass is 258 g/mol. The van der Waals surface area contributed by atoms with Gasteiger partial charge >= 0.3 is 0 Å². The molecule has 0 saturated carbocycles. The lowest BCUT2D eigenvalue weighted by molar-refractivity contribution is 0.0764. The number of hydrogen-bond acceptors (Lipinski definition) is 2. The van der Waals surface area contributed by atoms with Crippen LogP contribution in [0.1, 0.15) is 22.6 Å². The molecule has 2 aromatic heterocycles. The summed E-state index contributed by atoms with van der Waals surface area (Å²) in [4.78, 5) is 21.3. The number of imidazole rings is 1. The van der Waals surface area contributed by atoms with Crippen LogP contribution in [0, 0.1) is 5.92 Å². The normalized spacial score (nSPS) is 18.1. The summed E-state index contributed by atoms with van der Waals surface area (Å²) in [6.45, 7) is 1.79. The molecule has 0 saturated heterocycles. The van der Waals surface area contributed by atoms with Gasteiger partial charge in [0, 0.05) is 51.3 Å². The lowest BCUT2D eigenvalue weighted by atomic mass is 9.97. The van der Waals surface area contributed by atoms with Crippen LogP contribution in [0.3, 0.4) is 0 Å². The molecule has 1 unspecified atom stereocenters. The Morgan fingerprint density at radius 1 is 1.63 bits per heavy atom. The molecular weight excluding hydrogens is 240 g/mol. The number of amides is 1. The summed E-state index contributed by atoms with van der Waals surface area (Å²) >= 11 is 0. The molecule has 1 amide bonds. The van der Waals surface area contributed by atoms with Crippen LogP contribution in [0.15, 0.2) is 30.9 Å². The molecule has 0 bridgehead atoms. The third kappa shape index (κ3) is 2.41. The number of carbonyl (C=O) groups is 1. The summed E-state index contributed by atoms with van der Waals surface area (Å²) in [5, 5.41) is 0. The van der Waals surface area contributed by atoms with Crippen LogP contribution in [-0.4, -0.2) is 38.9 Å². The number of rotatable bonds is 3. The number of aromatic amines is 1. The van der Waals surface area contributed by atoms with E-state index in [1.165, 1.54) is 0 Å². The van der Waals surface area contributed by atoms with Gasteiger partial charge in [0.05, 0.1) is 5.56 Å². The van der Waals surface area contributed by atoms with E-state index in [1.54, 1.807) is 12.4 Å². The van der Waals surface area contributed by atoms with Gasteiger partial charge in [-0.2, -0.15) is 0 Å². The molecule has 0 spiro atoms. The van der Waals surface area contributed by atoms with E-state index >= 15 is 0 Å². The Balaban J connectivity index is 1.62. The molecule has 1 N–H and O–H groups in total. The Bertz CT molecular complexity index is 558. The Hall–Kier alpha value is -2.04. The number of fused-ring (bicyclic) bond motifs is 1. The molecular formula is C14H18N4O. The highest BCUT2D eigenvalue weighted by molar-refractivity contribution is 5.93. The zero-order valence-corrected chi connectivity index (χ0v) is 11.0. The second kappa shape index (κ2) is 4.91. The summed E-state index contributed by atoms with van der Waals surface area (Å²) < 4.78 is 2.20. The zero-order chi connectivity index (χ0) is 13.2. The van der Waals surface area contributed by atoms with Crippen LogP contribution in [0.25, 0.3) is 0 Å². The first kappa shape index (κ1) is 12.0. The first-order valence-corrected chi connectivity index (χ1v) is 6.62. The topological polar surface area (TPSA) is 53.9 Å². The standard InChI is InChI=1S/C14H18N4O/c1-17(14(19)12-2-4-15-9-12)10-11-3-6-18-7-5-16-13(18)8-11/h2,4-5,7,9,11,15H,3,6,8,10H2,1H3. The van der Waals surface area contributed by atoms with Gasteiger partial charge in [0.15, 0.2) is 0 Å². The van der Waals surface area contributed by atoms with Gasteiger partial charge < -0.3 is 14.5 Å². The van der Waals surface area contributed by atoms with Crippen molar-refractivity contribution in [1.82, 2.24) is 19.4 Å². The van der Waals surface area contributed by atoms with Crippen LogP contribution < -0.4 is 0 Å². The maximum absolute atomic E-state index is 12.2. The van der Waals surface area contributed by atoms with Crippen molar-refractivity contribution in [2.75, 3.05) is 13.6 Å². The van der Waals surface area contributed by atoms with Crippen molar-refractivity contribution >= 4 is 5.91 Å².